The third-order valence-corrected chi connectivity index (χ3v) is 4.99. The number of nitrogens with one attached hydrogen (secondary N) is 2. The van der Waals surface area contributed by atoms with Crippen LogP contribution in [-0.2, 0) is 4.79 Å². The van der Waals surface area contributed by atoms with Gasteiger partial charge in [0.1, 0.15) is 0 Å². The molecule has 0 saturated carbocycles. The van der Waals surface area contributed by atoms with Gasteiger partial charge in [-0.05, 0) is 12.1 Å². The summed E-state index contributed by atoms with van der Waals surface area (Å²) in [5, 5.41) is 6.36. The summed E-state index contributed by atoms with van der Waals surface area (Å²) in [7, 11) is 1.76. The number of hydrogen-bond acceptors (Lipinski definition) is 4. The molecule has 24 heavy (non-hydrogen) atoms. The lowest BCUT2D eigenvalue weighted by Crippen LogP contribution is -2.49. The Hall–Kier alpha value is -2.66. The van der Waals surface area contributed by atoms with Gasteiger partial charge in [0.05, 0.1) is 11.6 Å². The predicted molar refractivity (Wildman–Crippen MR) is 92.3 cm³/mol. The summed E-state index contributed by atoms with van der Waals surface area (Å²) < 4.78 is 0. The highest BCUT2D eigenvalue weighted by Crippen LogP contribution is 2.36. The predicted octanol–water partition coefficient (Wildman–Crippen LogP) is 1.92. The maximum absolute atomic E-state index is 12.9. The van der Waals surface area contributed by atoms with Gasteiger partial charge in [-0.15, -0.1) is 0 Å². The summed E-state index contributed by atoms with van der Waals surface area (Å²) in [6.45, 7) is 0. The van der Waals surface area contributed by atoms with Gasteiger partial charge in [0.2, 0.25) is 0 Å². The zero-order valence-electron chi connectivity index (χ0n) is 13.3. The molecule has 0 spiro atoms. The maximum Gasteiger partial charge on any atom is 0.266 e. The fourth-order valence-electron chi connectivity index (χ4n) is 3.77. The first kappa shape index (κ1) is 14.9. The van der Waals surface area contributed by atoms with E-state index in [9.17, 15) is 9.59 Å². The van der Waals surface area contributed by atoms with Gasteiger partial charge in [-0.3, -0.25) is 19.8 Å². The smallest absolute Gasteiger partial charge is 0.266 e. The summed E-state index contributed by atoms with van der Waals surface area (Å²) in [6.07, 6.45) is 11.8. The molecular weight excluding hydrogens is 302 g/mol. The summed E-state index contributed by atoms with van der Waals surface area (Å²) in [4.78, 5) is 27.0. The van der Waals surface area contributed by atoms with E-state index in [1.54, 1.807) is 25.4 Å². The van der Waals surface area contributed by atoms with Gasteiger partial charge in [0.15, 0.2) is 0 Å². The van der Waals surface area contributed by atoms with Crippen LogP contribution in [0, 0.1) is 11.8 Å². The number of carbonyl (C=O) groups is 2. The molecule has 4 atom stereocenters. The first-order valence-corrected chi connectivity index (χ1v) is 8.14. The van der Waals surface area contributed by atoms with E-state index in [2.05, 4.69) is 22.8 Å². The van der Waals surface area contributed by atoms with E-state index in [0.717, 1.165) is 0 Å². The Morgan fingerprint density at radius 2 is 1.92 bits per heavy atom. The molecule has 1 aromatic rings. The van der Waals surface area contributed by atoms with Crippen LogP contribution >= 0.6 is 0 Å². The van der Waals surface area contributed by atoms with E-state index in [1.807, 2.05) is 30.4 Å². The Morgan fingerprint density at radius 1 is 1.12 bits per heavy atom. The van der Waals surface area contributed by atoms with Crippen molar-refractivity contribution >= 4 is 17.5 Å². The minimum absolute atomic E-state index is 0.0901. The molecule has 1 aromatic carbocycles. The van der Waals surface area contributed by atoms with Crippen molar-refractivity contribution in [2.45, 2.75) is 12.1 Å². The lowest BCUT2D eigenvalue weighted by atomic mass is 9.83. The van der Waals surface area contributed by atoms with Crippen LogP contribution in [0.4, 0.5) is 5.69 Å². The van der Waals surface area contributed by atoms with Crippen LogP contribution in [0.1, 0.15) is 10.4 Å². The van der Waals surface area contributed by atoms with Crippen molar-refractivity contribution in [3.8, 4) is 0 Å². The molecule has 1 aliphatic carbocycles. The third-order valence-electron chi connectivity index (χ3n) is 4.99. The molecule has 2 aliphatic heterocycles. The minimum Gasteiger partial charge on any atom is -0.387 e. The molecule has 0 bridgehead atoms. The fraction of sp³-hybridized carbons (Fsp3) is 0.263. The van der Waals surface area contributed by atoms with E-state index >= 15 is 0 Å². The standard InChI is InChI=1S/C19H19N3O2/c1-20-15-8-4-3-7-14(15)18(23)22-11-10-13-12-6-2-5-9-16(12)21-17(13)19(22)24/h2-13,16-17,20-21H,1H3. The normalized spacial score (nSPS) is 30.2. The number of benzene rings is 1. The highest BCUT2D eigenvalue weighted by Gasteiger charge is 2.47. The van der Waals surface area contributed by atoms with Crippen LogP contribution in [0.15, 0.2) is 60.8 Å². The van der Waals surface area contributed by atoms with Gasteiger partial charge in [-0.2, -0.15) is 0 Å². The summed E-state index contributed by atoms with van der Waals surface area (Å²) >= 11 is 0. The molecule has 2 heterocycles. The van der Waals surface area contributed by atoms with E-state index in [-0.39, 0.29) is 35.7 Å². The Morgan fingerprint density at radius 3 is 2.75 bits per heavy atom. The SMILES string of the molecule is CNc1ccccc1C(=O)N1C=CC2C(NC3C=CC=CC32)C1=O. The molecule has 3 aliphatic rings. The van der Waals surface area contributed by atoms with Gasteiger partial charge in [0, 0.05) is 36.8 Å². The van der Waals surface area contributed by atoms with Crippen LogP contribution in [0.25, 0.3) is 0 Å². The van der Waals surface area contributed by atoms with Crippen LogP contribution in [0.2, 0.25) is 0 Å². The number of amides is 2. The fourth-order valence-corrected chi connectivity index (χ4v) is 3.77. The molecule has 5 nitrogen and oxygen atoms in total. The second kappa shape index (κ2) is 5.76. The number of rotatable bonds is 2. The van der Waals surface area contributed by atoms with Crippen molar-refractivity contribution in [2.24, 2.45) is 11.8 Å². The van der Waals surface area contributed by atoms with E-state index in [4.69, 9.17) is 0 Å². The lowest BCUT2D eigenvalue weighted by Gasteiger charge is -2.29. The Balaban J connectivity index is 1.64. The third kappa shape index (κ3) is 2.20. The Kier molecular flexibility index (Phi) is 3.58. The van der Waals surface area contributed by atoms with Crippen molar-refractivity contribution in [2.75, 3.05) is 12.4 Å². The molecule has 2 N–H and O–H groups in total. The average molecular weight is 321 g/mol. The monoisotopic (exact) mass is 321 g/mol. The molecular formula is C19H19N3O2. The number of allylic oxidation sites excluding steroid dienone is 2. The summed E-state index contributed by atoms with van der Waals surface area (Å²) in [5.74, 6) is -0.133. The first-order valence-electron chi connectivity index (χ1n) is 8.14. The van der Waals surface area contributed by atoms with E-state index in [0.29, 0.717) is 11.3 Å². The van der Waals surface area contributed by atoms with Crippen molar-refractivity contribution in [1.82, 2.24) is 10.2 Å². The van der Waals surface area contributed by atoms with Crippen LogP contribution < -0.4 is 10.6 Å². The van der Waals surface area contributed by atoms with Gasteiger partial charge in [-0.25, -0.2) is 0 Å². The number of hydrogen-bond donors (Lipinski definition) is 2. The quantitative estimate of drug-likeness (QED) is 0.817. The minimum atomic E-state index is -0.358. The molecule has 4 unspecified atom stereocenters. The zero-order valence-corrected chi connectivity index (χ0v) is 13.3. The van der Waals surface area contributed by atoms with E-state index < -0.39 is 0 Å². The number of imide groups is 1. The zero-order chi connectivity index (χ0) is 16.7. The largest absolute Gasteiger partial charge is 0.387 e. The van der Waals surface area contributed by atoms with Crippen LogP contribution in [0.3, 0.4) is 0 Å². The molecule has 1 saturated heterocycles. The number of anilines is 1. The molecule has 5 heteroatoms. The van der Waals surface area contributed by atoms with Gasteiger partial charge < -0.3 is 5.32 Å². The highest BCUT2D eigenvalue weighted by atomic mass is 16.2. The molecule has 4 rings (SSSR count). The summed E-state index contributed by atoms with van der Waals surface area (Å²) in [6, 6.07) is 7.00. The molecule has 122 valence electrons. The van der Waals surface area contributed by atoms with Crippen molar-refractivity contribution in [3.63, 3.8) is 0 Å². The molecule has 0 radical (unpaired) electrons. The Labute approximate surface area is 140 Å². The van der Waals surface area contributed by atoms with Crippen LogP contribution in [0.5, 0.6) is 0 Å². The number of fused-ring (bicyclic) bond motifs is 3. The van der Waals surface area contributed by atoms with Crippen molar-refractivity contribution < 1.29 is 9.59 Å². The topological polar surface area (TPSA) is 61.4 Å². The average Bonchev–Trinajstić information content (AvgIpc) is 3.01. The lowest BCUT2D eigenvalue weighted by molar-refractivity contribution is -0.129. The molecule has 0 aromatic heterocycles. The highest BCUT2D eigenvalue weighted by molar-refractivity contribution is 6.10. The van der Waals surface area contributed by atoms with Gasteiger partial charge in [-0.1, -0.05) is 42.5 Å². The first-order chi connectivity index (χ1) is 11.7. The van der Waals surface area contributed by atoms with Gasteiger partial charge >= 0.3 is 0 Å². The van der Waals surface area contributed by atoms with E-state index in [1.165, 1.54) is 4.90 Å². The number of nitrogens with zero attached hydrogens (tertiary/aromatic N) is 1. The second-order valence-electron chi connectivity index (χ2n) is 6.25. The Bertz CT molecular complexity index is 781. The summed E-state index contributed by atoms with van der Waals surface area (Å²) in [5.41, 5.74) is 1.20. The molecule has 1 fully saturated rings. The van der Waals surface area contributed by atoms with Crippen molar-refractivity contribution in [3.05, 3.63) is 66.4 Å². The molecule has 2 amide bonds. The van der Waals surface area contributed by atoms with Crippen LogP contribution in [-0.4, -0.2) is 35.8 Å². The maximum atomic E-state index is 12.9. The van der Waals surface area contributed by atoms with Gasteiger partial charge in [0.25, 0.3) is 11.8 Å². The second-order valence-corrected chi connectivity index (χ2v) is 6.25. The number of para-hydroxylation sites is 1. The number of carbonyl (C=O) groups excluding carboxylic acids is 2. The van der Waals surface area contributed by atoms with Crippen molar-refractivity contribution in [1.29, 1.82) is 0 Å².